The van der Waals surface area contributed by atoms with Crippen LogP contribution in [0.25, 0.3) is 0 Å². The number of thioether (sulfide) groups is 1. The second-order valence-electron chi connectivity index (χ2n) is 7.46. The third-order valence-corrected chi connectivity index (χ3v) is 6.67. The van der Waals surface area contributed by atoms with Crippen molar-refractivity contribution in [3.8, 4) is 0 Å². The van der Waals surface area contributed by atoms with Crippen LogP contribution < -0.4 is 14.7 Å². The SMILES string of the molecule is O=C1CN2C=C(C(=O)O)Cc3cc(F)c(N4CCN(c5cncc(Cl)n5)CC4)c(c32)S1. The average molecular weight is 462 g/mol. The van der Waals surface area contributed by atoms with E-state index < -0.39 is 11.8 Å². The first kappa shape index (κ1) is 20.1. The Labute approximate surface area is 186 Å². The summed E-state index contributed by atoms with van der Waals surface area (Å²) in [5.41, 5.74) is 1.85. The fraction of sp³-hybridized carbons (Fsp3) is 0.300. The quantitative estimate of drug-likeness (QED) is 0.740. The third-order valence-electron chi connectivity index (χ3n) is 5.54. The van der Waals surface area contributed by atoms with Crippen LogP contribution in [0, 0.1) is 5.82 Å². The van der Waals surface area contributed by atoms with Gasteiger partial charge in [-0.2, -0.15) is 0 Å². The van der Waals surface area contributed by atoms with E-state index in [2.05, 4.69) is 9.97 Å². The van der Waals surface area contributed by atoms with Crippen LogP contribution in [-0.4, -0.2) is 58.9 Å². The highest BCUT2D eigenvalue weighted by atomic mass is 35.5. The normalized spacial score (nSPS) is 18.1. The lowest BCUT2D eigenvalue weighted by atomic mass is 9.98. The zero-order valence-electron chi connectivity index (χ0n) is 16.2. The minimum absolute atomic E-state index is 0.0632. The molecule has 3 aliphatic rings. The molecule has 1 fully saturated rings. The molecule has 1 aromatic carbocycles. The number of carbonyl (C=O) groups excluding carboxylic acids is 1. The average Bonchev–Trinajstić information content (AvgIpc) is 2.73. The molecule has 5 rings (SSSR count). The fourth-order valence-corrected chi connectivity index (χ4v) is 5.43. The van der Waals surface area contributed by atoms with Crippen molar-refractivity contribution in [3.63, 3.8) is 0 Å². The highest BCUT2D eigenvalue weighted by molar-refractivity contribution is 8.14. The topological polar surface area (TPSA) is 89.9 Å². The number of nitrogens with zero attached hydrogens (tertiary/aromatic N) is 5. The molecule has 0 aliphatic carbocycles. The second kappa shape index (κ2) is 7.69. The van der Waals surface area contributed by atoms with E-state index in [1.807, 2.05) is 9.80 Å². The van der Waals surface area contributed by atoms with Crippen LogP contribution in [0.5, 0.6) is 0 Å². The summed E-state index contributed by atoms with van der Waals surface area (Å²) in [6, 6.07) is 1.41. The van der Waals surface area contributed by atoms with Gasteiger partial charge in [0.2, 0.25) is 5.12 Å². The molecule has 2 aromatic rings. The Hall–Kier alpha value is -2.85. The first-order chi connectivity index (χ1) is 14.9. The lowest BCUT2D eigenvalue weighted by molar-refractivity contribution is -0.132. The zero-order chi connectivity index (χ0) is 21.7. The molecule has 1 N–H and O–H groups in total. The third kappa shape index (κ3) is 3.59. The number of aromatic nitrogens is 2. The summed E-state index contributed by atoms with van der Waals surface area (Å²) in [6.07, 6.45) is 4.73. The van der Waals surface area contributed by atoms with Gasteiger partial charge in [-0.3, -0.25) is 9.78 Å². The predicted octanol–water partition coefficient (Wildman–Crippen LogP) is 2.56. The molecule has 0 spiro atoms. The number of carboxylic acids is 1. The molecule has 160 valence electrons. The maximum Gasteiger partial charge on any atom is 0.333 e. The Morgan fingerprint density at radius 2 is 1.90 bits per heavy atom. The van der Waals surface area contributed by atoms with Crippen molar-refractivity contribution in [2.24, 2.45) is 0 Å². The minimum atomic E-state index is -1.07. The Morgan fingerprint density at radius 3 is 2.61 bits per heavy atom. The molecule has 4 heterocycles. The summed E-state index contributed by atoms with van der Waals surface area (Å²) in [4.78, 5) is 38.4. The van der Waals surface area contributed by atoms with Gasteiger partial charge in [0.1, 0.15) is 16.8 Å². The maximum absolute atomic E-state index is 15.3. The van der Waals surface area contributed by atoms with Gasteiger partial charge < -0.3 is 19.8 Å². The zero-order valence-corrected chi connectivity index (χ0v) is 17.8. The van der Waals surface area contributed by atoms with Gasteiger partial charge in [-0.1, -0.05) is 11.6 Å². The van der Waals surface area contributed by atoms with E-state index in [1.165, 1.54) is 18.5 Å². The van der Waals surface area contributed by atoms with E-state index in [0.29, 0.717) is 53.3 Å². The number of hydrogen-bond donors (Lipinski definition) is 1. The van der Waals surface area contributed by atoms with Gasteiger partial charge in [0.15, 0.2) is 0 Å². The molecule has 8 nitrogen and oxygen atoms in total. The van der Waals surface area contributed by atoms with E-state index >= 15 is 4.39 Å². The van der Waals surface area contributed by atoms with Crippen LogP contribution in [-0.2, 0) is 16.0 Å². The van der Waals surface area contributed by atoms with Gasteiger partial charge in [-0.25, -0.2) is 14.2 Å². The molecular weight excluding hydrogens is 445 g/mol. The highest BCUT2D eigenvalue weighted by Gasteiger charge is 2.35. The number of benzene rings is 1. The van der Waals surface area contributed by atoms with Gasteiger partial charge >= 0.3 is 5.97 Å². The Kier molecular flexibility index (Phi) is 4.98. The summed E-state index contributed by atoms with van der Waals surface area (Å²) in [6.45, 7) is 2.31. The summed E-state index contributed by atoms with van der Waals surface area (Å²) in [7, 11) is 0. The van der Waals surface area contributed by atoms with Gasteiger partial charge in [0, 0.05) is 38.8 Å². The maximum atomic E-state index is 15.3. The fourth-order valence-electron chi connectivity index (χ4n) is 4.19. The number of rotatable bonds is 3. The molecule has 11 heteroatoms. The summed E-state index contributed by atoms with van der Waals surface area (Å²) < 4.78 is 15.3. The van der Waals surface area contributed by atoms with Crippen molar-refractivity contribution in [2.45, 2.75) is 11.3 Å². The lowest BCUT2D eigenvalue weighted by Gasteiger charge is -2.40. The molecule has 0 bridgehead atoms. The standard InChI is InChI=1S/C20H17ClFN5O3S/c21-14-7-23-8-15(24-14)25-1-3-26(4-2-25)18-13(22)6-11-5-12(20(29)30)9-27-10-16(28)31-19(18)17(11)27/h6-9H,1-5,10H2,(H,29,30). The first-order valence-electron chi connectivity index (χ1n) is 9.65. The smallest absolute Gasteiger partial charge is 0.333 e. The number of piperazine rings is 1. The summed E-state index contributed by atoms with van der Waals surface area (Å²) in [5.74, 6) is -0.845. The molecule has 31 heavy (non-hydrogen) atoms. The highest BCUT2D eigenvalue weighted by Crippen LogP contribution is 2.48. The van der Waals surface area contributed by atoms with Gasteiger partial charge in [-0.15, -0.1) is 0 Å². The molecule has 0 radical (unpaired) electrons. The second-order valence-corrected chi connectivity index (χ2v) is 8.91. The van der Waals surface area contributed by atoms with Crippen molar-refractivity contribution >= 4 is 51.6 Å². The van der Waals surface area contributed by atoms with Gasteiger partial charge in [0.25, 0.3) is 0 Å². The molecule has 0 unspecified atom stereocenters. The van der Waals surface area contributed by atoms with Gasteiger partial charge in [0.05, 0.1) is 40.8 Å². The number of anilines is 3. The van der Waals surface area contributed by atoms with Crippen LogP contribution in [0.15, 0.2) is 35.1 Å². The number of hydrogen-bond acceptors (Lipinski definition) is 8. The molecular formula is C20H17ClFN5O3S. The Morgan fingerprint density at radius 1 is 1.16 bits per heavy atom. The predicted molar refractivity (Wildman–Crippen MR) is 116 cm³/mol. The van der Waals surface area contributed by atoms with Crippen LogP contribution >= 0.6 is 23.4 Å². The first-order valence-corrected chi connectivity index (χ1v) is 10.8. The van der Waals surface area contributed by atoms with Crippen molar-refractivity contribution in [1.29, 1.82) is 0 Å². The van der Waals surface area contributed by atoms with E-state index in [9.17, 15) is 14.7 Å². The van der Waals surface area contributed by atoms with Crippen LogP contribution in [0.1, 0.15) is 5.56 Å². The number of aliphatic carboxylic acids is 1. The molecule has 0 amide bonds. The van der Waals surface area contributed by atoms with E-state index in [-0.39, 0.29) is 23.7 Å². The van der Waals surface area contributed by atoms with Crippen LogP contribution in [0.4, 0.5) is 21.6 Å². The van der Waals surface area contributed by atoms with E-state index in [4.69, 9.17) is 11.6 Å². The van der Waals surface area contributed by atoms with Crippen LogP contribution in [0.2, 0.25) is 5.15 Å². The lowest BCUT2D eigenvalue weighted by Crippen LogP contribution is -2.47. The van der Waals surface area contributed by atoms with Crippen molar-refractivity contribution in [1.82, 2.24) is 9.97 Å². The van der Waals surface area contributed by atoms with Gasteiger partial charge in [-0.05, 0) is 23.4 Å². The van der Waals surface area contributed by atoms with Crippen molar-refractivity contribution in [2.75, 3.05) is 47.4 Å². The number of carboxylic acid groups (broad SMARTS) is 1. The summed E-state index contributed by atoms with van der Waals surface area (Å²) >= 11 is 6.97. The van der Waals surface area contributed by atoms with E-state index in [0.717, 1.165) is 17.4 Å². The Bertz CT molecular complexity index is 1140. The van der Waals surface area contributed by atoms with E-state index in [1.54, 1.807) is 11.1 Å². The largest absolute Gasteiger partial charge is 0.478 e. The van der Waals surface area contributed by atoms with Crippen molar-refractivity contribution in [3.05, 3.63) is 46.8 Å². The molecule has 3 aliphatic heterocycles. The molecule has 1 saturated heterocycles. The minimum Gasteiger partial charge on any atom is -0.478 e. The molecule has 0 atom stereocenters. The summed E-state index contributed by atoms with van der Waals surface area (Å²) in [5, 5.41) is 9.55. The molecule has 0 saturated carbocycles. The number of carbonyl (C=O) groups is 2. The number of halogens is 2. The van der Waals surface area contributed by atoms with Crippen LogP contribution in [0.3, 0.4) is 0 Å². The Balaban J connectivity index is 1.47. The monoisotopic (exact) mass is 461 g/mol. The molecule has 1 aromatic heterocycles. The van der Waals surface area contributed by atoms with Crippen molar-refractivity contribution < 1.29 is 19.1 Å².